The van der Waals surface area contributed by atoms with Gasteiger partial charge in [-0.15, -0.1) is 0 Å². The molecule has 5 nitrogen and oxygen atoms in total. The molecule has 2 aromatic rings. The zero-order chi connectivity index (χ0) is 18.4. The fourth-order valence-electron chi connectivity index (χ4n) is 2.44. The second-order valence-electron chi connectivity index (χ2n) is 6.19. The third-order valence-corrected chi connectivity index (χ3v) is 5.28. The fraction of sp³-hybridized carbons (Fsp3) is 0.474. The lowest BCUT2D eigenvalue weighted by Gasteiger charge is -2.07. The monoisotopic (exact) mass is 362 g/mol. The molecule has 2 N–H and O–H groups in total. The molecule has 0 saturated carbocycles. The smallest absolute Gasteiger partial charge is 0.287 e. The van der Waals surface area contributed by atoms with Gasteiger partial charge in [-0.3, -0.25) is 9.59 Å². The Bertz CT molecular complexity index is 792. The standard InChI is InChI=1S/C19H26N2O3S/c1-5-6-7-25-11-15-8-17(24-14(15)4)19(23)21-10-16-13(3)18(22)12(2)9-20-16/h8-9H,5-7,10-11H2,1-4H3,(H,20,22)(H,21,23). The molecule has 0 bridgehead atoms. The summed E-state index contributed by atoms with van der Waals surface area (Å²) in [6, 6.07) is 1.81. The normalized spacial score (nSPS) is 10.9. The molecule has 0 fully saturated rings. The van der Waals surface area contributed by atoms with E-state index in [9.17, 15) is 9.59 Å². The highest BCUT2D eigenvalue weighted by Crippen LogP contribution is 2.21. The van der Waals surface area contributed by atoms with Gasteiger partial charge in [0.2, 0.25) is 0 Å². The number of hydrogen-bond acceptors (Lipinski definition) is 4. The molecule has 0 radical (unpaired) electrons. The maximum absolute atomic E-state index is 12.3. The molecule has 136 valence electrons. The Kier molecular flexibility index (Phi) is 6.93. The third kappa shape index (κ3) is 5.01. The number of amides is 1. The molecule has 1 amide bonds. The van der Waals surface area contributed by atoms with E-state index >= 15 is 0 Å². The summed E-state index contributed by atoms with van der Waals surface area (Å²) < 4.78 is 5.60. The van der Waals surface area contributed by atoms with Crippen LogP contribution in [0.1, 0.15) is 58.5 Å². The molecule has 0 saturated heterocycles. The van der Waals surface area contributed by atoms with E-state index in [4.69, 9.17) is 4.42 Å². The number of H-pyrrole nitrogens is 1. The van der Waals surface area contributed by atoms with Crippen molar-refractivity contribution in [1.82, 2.24) is 10.3 Å². The number of aromatic amines is 1. The molecule has 0 aliphatic rings. The summed E-state index contributed by atoms with van der Waals surface area (Å²) >= 11 is 1.85. The first kappa shape index (κ1) is 19.4. The van der Waals surface area contributed by atoms with Crippen molar-refractivity contribution in [3.8, 4) is 0 Å². The van der Waals surface area contributed by atoms with Gasteiger partial charge in [-0.05, 0) is 39.0 Å². The summed E-state index contributed by atoms with van der Waals surface area (Å²) in [4.78, 5) is 27.3. The molecule has 0 aliphatic carbocycles. The maximum atomic E-state index is 12.3. The van der Waals surface area contributed by atoms with E-state index in [0.717, 1.165) is 22.8 Å². The summed E-state index contributed by atoms with van der Waals surface area (Å²) in [6.07, 6.45) is 4.05. The Labute approximate surface area is 152 Å². The molecular weight excluding hydrogens is 336 g/mol. The Morgan fingerprint density at radius 1 is 1.32 bits per heavy atom. The van der Waals surface area contributed by atoms with Crippen molar-refractivity contribution < 1.29 is 9.21 Å². The van der Waals surface area contributed by atoms with Crippen molar-refractivity contribution in [1.29, 1.82) is 0 Å². The Morgan fingerprint density at radius 3 is 2.80 bits per heavy atom. The fourth-order valence-corrected chi connectivity index (χ4v) is 3.59. The van der Waals surface area contributed by atoms with Gasteiger partial charge < -0.3 is 14.7 Å². The molecule has 2 aromatic heterocycles. The highest BCUT2D eigenvalue weighted by molar-refractivity contribution is 7.98. The first-order valence-electron chi connectivity index (χ1n) is 8.57. The molecule has 0 spiro atoms. The number of thioether (sulfide) groups is 1. The van der Waals surface area contributed by atoms with E-state index in [1.54, 1.807) is 20.0 Å². The number of aryl methyl sites for hydroxylation is 2. The number of furan rings is 1. The third-order valence-electron chi connectivity index (χ3n) is 4.18. The summed E-state index contributed by atoms with van der Waals surface area (Å²) in [6.45, 7) is 7.85. The maximum Gasteiger partial charge on any atom is 0.287 e. The zero-order valence-electron chi connectivity index (χ0n) is 15.3. The van der Waals surface area contributed by atoms with Gasteiger partial charge in [0.1, 0.15) is 5.76 Å². The summed E-state index contributed by atoms with van der Waals surface area (Å²) in [5, 5.41) is 2.81. The molecule has 0 unspecified atom stereocenters. The minimum absolute atomic E-state index is 0.00299. The van der Waals surface area contributed by atoms with Gasteiger partial charge in [0.25, 0.3) is 5.91 Å². The van der Waals surface area contributed by atoms with Gasteiger partial charge >= 0.3 is 0 Å². The van der Waals surface area contributed by atoms with E-state index in [1.807, 2.05) is 24.8 Å². The lowest BCUT2D eigenvalue weighted by Crippen LogP contribution is -2.25. The van der Waals surface area contributed by atoms with Gasteiger partial charge in [-0.1, -0.05) is 13.3 Å². The van der Waals surface area contributed by atoms with Crippen LogP contribution < -0.4 is 10.7 Å². The Hall–Kier alpha value is -1.95. The predicted octanol–water partition coefficient (Wildman–Crippen LogP) is 3.86. The second kappa shape index (κ2) is 8.94. The van der Waals surface area contributed by atoms with Gasteiger partial charge in [0.05, 0.1) is 6.54 Å². The van der Waals surface area contributed by atoms with Crippen LogP contribution in [0.4, 0.5) is 0 Å². The van der Waals surface area contributed by atoms with E-state index in [-0.39, 0.29) is 17.9 Å². The van der Waals surface area contributed by atoms with Crippen LogP contribution in [-0.2, 0) is 12.3 Å². The lowest BCUT2D eigenvalue weighted by atomic mass is 10.1. The summed E-state index contributed by atoms with van der Waals surface area (Å²) in [5.41, 5.74) is 3.07. The lowest BCUT2D eigenvalue weighted by molar-refractivity contribution is 0.0921. The Morgan fingerprint density at radius 2 is 2.08 bits per heavy atom. The van der Waals surface area contributed by atoms with E-state index < -0.39 is 0 Å². The number of carbonyl (C=O) groups is 1. The van der Waals surface area contributed by atoms with Crippen molar-refractivity contribution in [2.75, 3.05) is 5.75 Å². The average Bonchev–Trinajstić information content (AvgIpc) is 2.97. The highest BCUT2D eigenvalue weighted by atomic mass is 32.2. The number of hydrogen-bond donors (Lipinski definition) is 2. The number of rotatable bonds is 8. The number of carbonyl (C=O) groups excluding carboxylic acids is 1. The largest absolute Gasteiger partial charge is 0.456 e. The molecule has 2 heterocycles. The molecule has 25 heavy (non-hydrogen) atoms. The van der Waals surface area contributed by atoms with Crippen LogP contribution in [0.5, 0.6) is 0 Å². The number of unbranched alkanes of at least 4 members (excludes halogenated alkanes) is 1. The van der Waals surface area contributed by atoms with Crippen molar-refractivity contribution in [3.63, 3.8) is 0 Å². The number of pyridine rings is 1. The van der Waals surface area contributed by atoms with Gasteiger partial charge in [-0.2, -0.15) is 11.8 Å². The first-order valence-corrected chi connectivity index (χ1v) is 9.72. The van der Waals surface area contributed by atoms with Crippen molar-refractivity contribution in [3.05, 3.63) is 56.4 Å². The number of aromatic nitrogens is 1. The van der Waals surface area contributed by atoms with Crippen LogP contribution >= 0.6 is 11.8 Å². The van der Waals surface area contributed by atoms with Crippen molar-refractivity contribution in [2.45, 2.75) is 52.8 Å². The van der Waals surface area contributed by atoms with Crippen LogP contribution in [0.15, 0.2) is 21.5 Å². The summed E-state index contributed by atoms with van der Waals surface area (Å²) in [5.74, 6) is 2.80. The van der Waals surface area contributed by atoms with Gasteiger partial charge in [-0.25, -0.2) is 0 Å². The van der Waals surface area contributed by atoms with E-state index in [2.05, 4.69) is 17.2 Å². The molecule has 0 aromatic carbocycles. The molecule has 0 aliphatic heterocycles. The van der Waals surface area contributed by atoms with Crippen LogP contribution in [0.25, 0.3) is 0 Å². The van der Waals surface area contributed by atoms with E-state index in [0.29, 0.717) is 22.6 Å². The average molecular weight is 362 g/mol. The molecule has 6 heteroatoms. The van der Waals surface area contributed by atoms with E-state index in [1.165, 1.54) is 12.8 Å². The number of nitrogens with one attached hydrogen (secondary N) is 2. The molecule has 0 atom stereocenters. The highest BCUT2D eigenvalue weighted by Gasteiger charge is 2.15. The van der Waals surface area contributed by atoms with Gasteiger partial charge in [0, 0.05) is 34.3 Å². The molecular formula is C19H26N2O3S. The van der Waals surface area contributed by atoms with Crippen LogP contribution in [-0.4, -0.2) is 16.6 Å². The topological polar surface area (TPSA) is 75.1 Å². The SMILES string of the molecule is CCCCSCc1cc(C(=O)NCc2[nH]cc(C)c(=O)c2C)oc1C. The minimum Gasteiger partial charge on any atom is -0.456 e. The van der Waals surface area contributed by atoms with Crippen molar-refractivity contribution >= 4 is 17.7 Å². The van der Waals surface area contributed by atoms with Gasteiger partial charge in [0.15, 0.2) is 11.2 Å². The Balaban J connectivity index is 1.97. The van der Waals surface area contributed by atoms with Crippen molar-refractivity contribution in [2.24, 2.45) is 0 Å². The summed E-state index contributed by atoms with van der Waals surface area (Å²) in [7, 11) is 0. The quantitative estimate of drug-likeness (QED) is 0.699. The first-order chi connectivity index (χ1) is 11.9. The van der Waals surface area contributed by atoms with Crippen LogP contribution in [0.2, 0.25) is 0 Å². The predicted molar refractivity (Wildman–Crippen MR) is 102 cm³/mol. The zero-order valence-corrected chi connectivity index (χ0v) is 16.1. The van der Waals surface area contributed by atoms with Crippen LogP contribution in [0, 0.1) is 20.8 Å². The molecule has 2 rings (SSSR count). The van der Waals surface area contributed by atoms with Crippen LogP contribution in [0.3, 0.4) is 0 Å². The minimum atomic E-state index is -0.270. The second-order valence-corrected chi connectivity index (χ2v) is 7.29.